The molecule has 2 aromatic rings. The van der Waals surface area contributed by atoms with Gasteiger partial charge in [-0.1, -0.05) is 12.1 Å². The maximum Gasteiger partial charge on any atom is 0.272 e. The number of hydrogen-bond acceptors (Lipinski definition) is 5. The van der Waals surface area contributed by atoms with Crippen molar-refractivity contribution in [2.45, 2.75) is 26.3 Å². The van der Waals surface area contributed by atoms with Gasteiger partial charge in [-0.3, -0.25) is 4.79 Å². The molecule has 1 heterocycles. The van der Waals surface area contributed by atoms with Crippen molar-refractivity contribution < 1.29 is 4.79 Å². The first-order valence-corrected chi connectivity index (χ1v) is 6.81. The Bertz CT molecular complexity index is 711. The topological polar surface area (TPSA) is 90.7 Å². The van der Waals surface area contributed by atoms with E-state index in [9.17, 15) is 4.79 Å². The smallest absolute Gasteiger partial charge is 0.272 e. The average molecular weight is 295 g/mol. The van der Waals surface area contributed by atoms with Crippen LogP contribution in [0.15, 0.2) is 36.4 Å². The Kier molecular flexibility index (Phi) is 4.37. The second-order valence-electron chi connectivity index (χ2n) is 5.79. The van der Waals surface area contributed by atoms with E-state index in [2.05, 4.69) is 26.9 Å². The maximum atomic E-state index is 12.0. The zero-order chi connectivity index (χ0) is 16.2. The van der Waals surface area contributed by atoms with Gasteiger partial charge in [-0.15, -0.1) is 10.2 Å². The van der Waals surface area contributed by atoms with Crippen molar-refractivity contribution in [3.63, 3.8) is 0 Å². The van der Waals surface area contributed by atoms with Gasteiger partial charge in [0.15, 0.2) is 11.5 Å². The van der Waals surface area contributed by atoms with Crippen LogP contribution in [-0.4, -0.2) is 21.6 Å². The summed E-state index contributed by atoms with van der Waals surface area (Å²) in [6.07, 6.45) is 0. The molecule has 2 N–H and O–H groups in total. The van der Waals surface area contributed by atoms with E-state index < -0.39 is 0 Å². The minimum absolute atomic E-state index is 0.244. The molecule has 0 spiro atoms. The molecule has 0 saturated carbocycles. The minimum atomic E-state index is -0.332. The Balaban J connectivity index is 2.13. The Morgan fingerprint density at radius 2 is 1.86 bits per heavy atom. The molecule has 0 unspecified atom stereocenters. The van der Waals surface area contributed by atoms with Crippen LogP contribution in [0, 0.1) is 11.3 Å². The zero-order valence-electron chi connectivity index (χ0n) is 12.7. The molecule has 0 radical (unpaired) electrons. The number of carbonyl (C=O) groups excluding carboxylic acids is 1. The molecule has 0 fully saturated rings. The van der Waals surface area contributed by atoms with Gasteiger partial charge >= 0.3 is 0 Å². The second-order valence-corrected chi connectivity index (χ2v) is 5.79. The van der Waals surface area contributed by atoms with Crippen LogP contribution in [0.1, 0.15) is 36.8 Å². The fourth-order valence-electron chi connectivity index (χ4n) is 1.75. The predicted octanol–water partition coefficient (Wildman–Crippen LogP) is 2.62. The normalized spacial score (nSPS) is 10.6. The molecule has 0 aliphatic heterocycles. The Morgan fingerprint density at radius 1 is 1.14 bits per heavy atom. The molecule has 0 saturated heterocycles. The highest BCUT2D eigenvalue weighted by atomic mass is 16.2. The Morgan fingerprint density at radius 3 is 2.45 bits per heavy atom. The third-order valence-corrected chi connectivity index (χ3v) is 2.70. The van der Waals surface area contributed by atoms with Gasteiger partial charge in [0.1, 0.15) is 6.07 Å². The van der Waals surface area contributed by atoms with Crippen LogP contribution in [0.5, 0.6) is 0 Å². The van der Waals surface area contributed by atoms with Gasteiger partial charge in [-0.2, -0.15) is 5.26 Å². The standard InChI is InChI=1S/C16H17N5O/c1-16(2,3)19-15(22)13-8-9-14(21-20-13)18-12-7-5-4-6-11(12)10-17/h4-9H,1-3H3,(H,18,21)(H,19,22). The lowest BCUT2D eigenvalue weighted by Crippen LogP contribution is -2.41. The number of nitriles is 1. The fourth-order valence-corrected chi connectivity index (χ4v) is 1.75. The van der Waals surface area contributed by atoms with E-state index in [1.165, 1.54) is 0 Å². The zero-order valence-corrected chi connectivity index (χ0v) is 12.7. The van der Waals surface area contributed by atoms with Gasteiger partial charge in [0.2, 0.25) is 0 Å². The number of para-hydroxylation sites is 1. The van der Waals surface area contributed by atoms with Crippen LogP contribution < -0.4 is 10.6 Å². The average Bonchev–Trinajstić information content (AvgIpc) is 2.47. The molecule has 1 aromatic carbocycles. The Labute approximate surface area is 129 Å². The van der Waals surface area contributed by atoms with Crippen LogP contribution in [0.3, 0.4) is 0 Å². The molecular weight excluding hydrogens is 278 g/mol. The third-order valence-electron chi connectivity index (χ3n) is 2.70. The van der Waals surface area contributed by atoms with Crippen molar-refractivity contribution in [1.29, 1.82) is 5.26 Å². The van der Waals surface area contributed by atoms with E-state index in [1.54, 1.807) is 30.3 Å². The Hall–Kier alpha value is -2.94. The van der Waals surface area contributed by atoms with Gasteiger partial charge < -0.3 is 10.6 Å². The number of carbonyl (C=O) groups is 1. The minimum Gasteiger partial charge on any atom is -0.346 e. The lowest BCUT2D eigenvalue weighted by Gasteiger charge is -2.19. The van der Waals surface area contributed by atoms with Gasteiger partial charge in [-0.25, -0.2) is 0 Å². The first-order valence-electron chi connectivity index (χ1n) is 6.81. The monoisotopic (exact) mass is 295 g/mol. The summed E-state index contributed by atoms with van der Waals surface area (Å²) in [4.78, 5) is 12.0. The molecule has 6 nitrogen and oxygen atoms in total. The highest BCUT2D eigenvalue weighted by Gasteiger charge is 2.16. The van der Waals surface area contributed by atoms with Gasteiger partial charge in [0.05, 0.1) is 11.3 Å². The molecule has 1 aromatic heterocycles. The summed E-state index contributed by atoms with van der Waals surface area (Å²) < 4.78 is 0. The molecular formula is C16H17N5O. The highest BCUT2D eigenvalue weighted by Crippen LogP contribution is 2.18. The molecule has 22 heavy (non-hydrogen) atoms. The van der Waals surface area contributed by atoms with Crippen LogP contribution >= 0.6 is 0 Å². The number of aromatic nitrogens is 2. The molecule has 0 atom stereocenters. The number of anilines is 2. The second kappa shape index (κ2) is 6.22. The summed E-state index contributed by atoms with van der Waals surface area (Å²) in [6.45, 7) is 5.69. The number of nitrogens with one attached hydrogen (secondary N) is 2. The number of rotatable bonds is 3. The van der Waals surface area contributed by atoms with E-state index in [1.807, 2.05) is 26.8 Å². The van der Waals surface area contributed by atoms with E-state index in [-0.39, 0.29) is 17.1 Å². The first kappa shape index (κ1) is 15.4. The molecule has 0 aliphatic rings. The number of nitrogens with zero attached hydrogens (tertiary/aromatic N) is 3. The van der Waals surface area contributed by atoms with Crippen LogP contribution in [0.2, 0.25) is 0 Å². The predicted molar refractivity (Wildman–Crippen MR) is 83.7 cm³/mol. The summed E-state index contributed by atoms with van der Waals surface area (Å²) in [5, 5.41) is 22.7. The number of amides is 1. The van der Waals surface area contributed by atoms with Crippen molar-refractivity contribution >= 4 is 17.4 Å². The van der Waals surface area contributed by atoms with Crippen molar-refractivity contribution in [2.24, 2.45) is 0 Å². The molecule has 6 heteroatoms. The fraction of sp³-hybridized carbons (Fsp3) is 0.250. The summed E-state index contributed by atoms with van der Waals surface area (Å²) in [7, 11) is 0. The van der Waals surface area contributed by atoms with Gasteiger partial charge in [0.25, 0.3) is 5.91 Å². The summed E-state index contributed by atoms with van der Waals surface area (Å²) in [5.74, 6) is 0.194. The molecule has 0 bridgehead atoms. The highest BCUT2D eigenvalue weighted by molar-refractivity contribution is 5.92. The van der Waals surface area contributed by atoms with Crippen molar-refractivity contribution in [3.05, 3.63) is 47.7 Å². The molecule has 1 amide bonds. The maximum absolute atomic E-state index is 12.0. The largest absolute Gasteiger partial charge is 0.346 e. The van der Waals surface area contributed by atoms with Gasteiger partial charge in [-0.05, 0) is 45.0 Å². The molecule has 112 valence electrons. The lowest BCUT2D eigenvalue weighted by atomic mass is 10.1. The van der Waals surface area contributed by atoms with Crippen molar-refractivity contribution in [1.82, 2.24) is 15.5 Å². The first-order chi connectivity index (χ1) is 10.4. The van der Waals surface area contributed by atoms with E-state index in [0.717, 1.165) is 0 Å². The lowest BCUT2D eigenvalue weighted by molar-refractivity contribution is 0.0913. The van der Waals surface area contributed by atoms with Gasteiger partial charge in [0, 0.05) is 5.54 Å². The van der Waals surface area contributed by atoms with Crippen molar-refractivity contribution in [2.75, 3.05) is 5.32 Å². The van der Waals surface area contributed by atoms with Crippen LogP contribution in [-0.2, 0) is 0 Å². The molecule has 2 rings (SSSR count). The van der Waals surface area contributed by atoms with E-state index >= 15 is 0 Å². The third kappa shape index (κ3) is 4.03. The SMILES string of the molecule is CC(C)(C)NC(=O)c1ccc(Nc2ccccc2C#N)nn1. The number of benzene rings is 1. The van der Waals surface area contributed by atoms with Crippen molar-refractivity contribution in [3.8, 4) is 6.07 Å². The number of hydrogen-bond donors (Lipinski definition) is 2. The molecule has 0 aliphatic carbocycles. The van der Waals surface area contributed by atoms with E-state index in [0.29, 0.717) is 17.1 Å². The summed E-state index contributed by atoms with van der Waals surface area (Å²) in [6, 6.07) is 12.4. The summed E-state index contributed by atoms with van der Waals surface area (Å²) >= 11 is 0. The van der Waals surface area contributed by atoms with Crippen LogP contribution in [0.25, 0.3) is 0 Å². The quantitative estimate of drug-likeness (QED) is 0.908. The summed E-state index contributed by atoms with van der Waals surface area (Å²) in [5.41, 5.74) is 1.07. The van der Waals surface area contributed by atoms with Crippen LogP contribution in [0.4, 0.5) is 11.5 Å². The van der Waals surface area contributed by atoms with E-state index in [4.69, 9.17) is 5.26 Å².